The third kappa shape index (κ3) is 4.84. The molecule has 1 heterocycles. The molecule has 0 aliphatic carbocycles. The van der Waals surface area contributed by atoms with E-state index in [2.05, 4.69) is 21.0 Å². The van der Waals surface area contributed by atoms with Crippen LogP contribution >= 0.6 is 39.1 Å². The van der Waals surface area contributed by atoms with Crippen LogP contribution in [0.15, 0.2) is 44.4 Å². The zero-order valence-electron chi connectivity index (χ0n) is 14.8. The number of nitro benzene ring substituents is 1. The Labute approximate surface area is 189 Å². The highest BCUT2D eigenvalue weighted by atomic mass is 79.9. The predicted octanol–water partition coefficient (Wildman–Crippen LogP) is 3.78. The zero-order valence-corrected chi connectivity index (χ0v) is 17.9. The molecule has 0 radical (unpaired) electrons. The smallest absolute Gasteiger partial charge is 0.410 e. The summed E-state index contributed by atoms with van der Waals surface area (Å²) in [6.07, 6.45) is -1.56. The summed E-state index contributed by atoms with van der Waals surface area (Å²) >= 11 is 15.5. The van der Waals surface area contributed by atoms with Gasteiger partial charge in [0.05, 0.1) is 25.1 Å². The molecule has 0 fully saturated rings. The van der Waals surface area contributed by atoms with Crippen molar-refractivity contribution in [2.24, 2.45) is 0 Å². The second kappa shape index (κ2) is 8.75. The van der Waals surface area contributed by atoms with Gasteiger partial charge in [-0.25, -0.2) is 9.59 Å². The van der Waals surface area contributed by atoms with Crippen molar-refractivity contribution < 1.29 is 19.6 Å². The van der Waals surface area contributed by atoms with Crippen LogP contribution in [0.4, 0.5) is 16.3 Å². The molecule has 160 valence electrons. The van der Waals surface area contributed by atoms with Gasteiger partial charge in [0, 0.05) is 12.1 Å². The third-order valence-corrected chi connectivity index (χ3v) is 4.81. The molecule has 1 amide bonds. The number of hydrogen-bond acceptors (Lipinski definition) is 7. The number of benzene rings is 2. The van der Waals surface area contributed by atoms with E-state index in [0.717, 1.165) is 0 Å². The van der Waals surface area contributed by atoms with Gasteiger partial charge < -0.3 is 9.84 Å². The maximum absolute atomic E-state index is 12.1. The summed E-state index contributed by atoms with van der Waals surface area (Å²) in [7, 11) is 0. The lowest BCUT2D eigenvalue weighted by Gasteiger charge is -2.12. The summed E-state index contributed by atoms with van der Waals surface area (Å²) in [5, 5.41) is 25.0. The number of nitrogens with zero attached hydrogens (tertiary/aromatic N) is 3. The van der Waals surface area contributed by atoms with Gasteiger partial charge in [0.25, 0.3) is 11.2 Å². The minimum atomic E-state index is -1.56. The summed E-state index contributed by atoms with van der Waals surface area (Å²) < 4.78 is 6.45. The summed E-state index contributed by atoms with van der Waals surface area (Å²) in [5.74, 6) is -0.481. The number of anilines is 1. The fraction of sp³-hybridized carbons (Fsp3) is 0. The van der Waals surface area contributed by atoms with Gasteiger partial charge in [0.1, 0.15) is 5.75 Å². The van der Waals surface area contributed by atoms with E-state index in [4.69, 9.17) is 33.0 Å². The Morgan fingerprint density at radius 2 is 1.90 bits per heavy atom. The molecule has 31 heavy (non-hydrogen) atoms. The number of rotatable bonds is 5. The molecule has 2 aromatic carbocycles. The van der Waals surface area contributed by atoms with E-state index in [1.54, 1.807) is 5.32 Å². The molecule has 0 aliphatic rings. The molecule has 0 spiro atoms. The first-order valence-corrected chi connectivity index (χ1v) is 9.46. The number of H-pyrrole nitrogens is 1. The Morgan fingerprint density at radius 1 is 1.26 bits per heavy atom. The molecule has 3 rings (SSSR count). The van der Waals surface area contributed by atoms with Crippen LogP contribution in [0, 0.1) is 10.1 Å². The minimum absolute atomic E-state index is 0.00178. The van der Waals surface area contributed by atoms with Crippen LogP contribution in [0.25, 0.3) is 5.69 Å². The topological polar surface area (TPSA) is 169 Å². The van der Waals surface area contributed by atoms with Crippen LogP contribution in [0.3, 0.4) is 0 Å². The first-order chi connectivity index (χ1) is 14.6. The highest BCUT2D eigenvalue weighted by molar-refractivity contribution is 9.10. The van der Waals surface area contributed by atoms with Crippen molar-refractivity contribution in [3.8, 4) is 17.2 Å². The molecular formula is C16H8BrCl2N5O7. The monoisotopic (exact) mass is 531 g/mol. The van der Waals surface area contributed by atoms with Crippen molar-refractivity contribution >= 4 is 56.7 Å². The molecule has 15 heteroatoms. The maximum Gasteiger partial charge on any atom is 0.410 e. The Bertz CT molecular complexity index is 1320. The predicted molar refractivity (Wildman–Crippen MR) is 113 cm³/mol. The first kappa shape index (κ1) is 22.3. The molecule has 3 aromatic rings. The SMILES string of the molecule is O=C(O)Nc1nn(-c2cc(Cl)c(Oc3ccc([N+](=O)[O-])c(Br)c3)c(Cl)c2)c(=O)[nH]c1=O. The molecule has 1 aromatic heterocycles. The Hall–Kier alpha value is -3.42. The van der Waals surface area contributed by atoms with Gasteiger partial charge in [-0.2, -0.15) is 4.68 Å². The number of carboxylic acid groups (broad SMARTS) is 1. The molecule has 0 unspecified atom stereocenters. The number of aromatic nitrogens is 3. The molecule has 0 aliphatic heterocycles. The average molecular weight is 533 g/mol. The van der Waals surface area contributed by atoms with E-state index in [0.29, 0.717) is 4.68 Å². The number of halogens is 3. The normalized spacial score (nSPS) is 10.5. The largest absolute Gasteiger partial charge is 0.465 e. The van der Waals surface area contributed by atoms with Crippen molar-refractivity contribution in [2.75, 3.05) is 5.32 Å². The fourth-order valence-corrected chi connectivity index (χ4v) is 3.40. The number of carbonyl (C=O) groups is 1. The highest BCUT2D eigenvalue weighted by Crippen LogP contribution is 2.39. The summed E-state index contributed by atoms with van der Waals surface area (Å²) in [5.41, 5.74) is -2.18. The van der Waals surface area contributed by atoms with Crippen molar-refractivity contribution in [2.45, 2.75) is 0 Å². The van der Waals surface area contributed by atoms with E-state index >= 15 is 0 Å². The summed E-state index contributed by atoms with van der Waals surface area (Å²) in [6.45, 7) is 0. The molecule has 0 atom stereocenters. The van der Waals surface area contributed by atoms with Gasteiger partial charge in [0.2, 0.25) is 5.82 Å². The number of ether oxygens (including phenoxy) is 1. The Morgan fingerprint density at radius 3 is 2.45 bits per heavy atom. The first-order valence-electron chi connectivity index (χ1n) is 7.91. The van der Waals surface area contributed by atoms with Crippen LogP contribution < -0.4 is 21.3 Å². The van der Waals surface area contributed by atoms with Gasteiger partial charge in [-0.05, 0) is 34.1 Å². The fourth-order valence-electron chi connectivity index (χ4n) is 2.34. The molecule has 0 bridgehead atoms. The second-order valence-electron chi connectivity index (χ2n) is 5.66. The maximum atomic E-state index is 12.1. The van der Waals surface area contributed by atoms with Crippen molar-refractivity contribution in [3.05, 3.63) is 75.8 Å². The molecule has 12 nitrogen and oxygen atoms in total. The van der Waals surface area contributed by atoms with Crippen LogP contribution in [0.1, 0.15) is 0 Å². The van der Waals surface area contributed by atoms with Crippen LogP contribution in [-0.2, 0) is 0 Å². The van der Waals surface area contributed by atoms with E-state index in [-0.39, 0.29) is 37.4 Å². The average Bonchev–Trinajstić information content (AvgIpc) is 2.66. The van der Waals surface area contributed by atoms with Gasteiger partial charge in [0.15, 0.2) is 5.75 Å². The van der Waals surface area contributed by atoms with E-state index < -0.39 is 28.1 Å². The van der Waals surface area contributed by atoms with Crippen molar-refractivity contribution in [1.29, 1.82) is 0 Å². The number of nitro groups is 1. The lowest BCUT2D eigenvalue weighted by Crippen LogP contribution is -2.34. The van der Waals surface area contributed by atoms with Crippen LogP contribution in [0.2, 0.25) is 10.0 Å². The Kier molecular flexibility index (Phi) is 6.29. The quantitative estimate of drug-likeness (QED) is 0.329. The summed E-state index contributed by atoms with van der Waals surface area (Å²) in [6, 6.07) is 6.37. The second-order valence-corrected chi connectivity index (χ2v) is 7.33. The molecule has 0 saturated heterocycles. The minimum Gasteiger partial charge on any atom is -0.465 e. The van der Waals surface area contributed by atoms with Gasteiger partial charge in [-0.3, -0.25) is 25.2 Å². The van der Waals surface area contributed by atoms with Gasteiger partial charge in [-0.1, -0.05) is 23.2 Å². The summed E-state index contributed by atoms with van der Waals surface area (Å²) in [4.78, 5) is 46.8. The number of amides is 1. The number of nitrogens with one attached hydrogen (secondary N) is 2. The number of aromatic amines is 1. The standard InChI is InChI=1S/C16H8BrCl2N5O7/c17-8-5-7(1-2-11(8)24(29)30)31-12-9(18)3-6(4-10(12)19)23-15(26)21-14(25)13(22-23)20-16(27)28/h1-5H,(H,20,22)(H,27,28)(H,21,25,26). The van der Waals surface area contributed by atoms with E-state index in [9.17, 15) is 24.5 Å². The van der Waals surface area contributed by atoms with Gasteiger partial charge in [-0.15, -0.1) is 5.10 Å². The van der Waals surface area contributed by atoms with Crippen LogP contribution in [-0.4, -0.2) is 30.9 Å². The third-order valence-electron chi connectivity index (χ3n) is 3.62. The lowest BCUT2D eigenvalue weighted by molar-refractivity contribution is -0.385. The zero-order chi connectivity index (χ0) is 22.9. The number of hydrogen-bond donors (Lipinski definition) is 3. The van der Waals surface area contributed by atoms with E-state index in [1.165, 1.54) is 30.3 Å². The van der Waals surface area contributed by atoms with Crippen molar-refractivity contribution in [3.63, 3.8) is 0 Å². The molecule has 3 N–H and O–H groups in total. The highest BCUT2D eigenvalue weighted by Gasteiger charge is 2.17. The molecular weight excluding hydrogens is 525 g/mol. The van der Waals surface area contributed by atoms with E-state index in [1.807, 2.05) is 4.98 Å². The molecule has 0 saturated carbocycles. The van der Waals surface area contributed by atoms with Gasteiger partial charge >= 0.3 is 11.8 Å². The van der Waals surface area contributed by atoms with Crippen LogP contribution in [0.5, 0.6) is 11.5 Å². The Balaban J connectivity index is 2.01. The lowest BCUT2D eigenvalue weighted by atomic mass is 10.3. The van der Waals surface area contributed by atoms with Crippen molar-refractivity contribution in [1.82, 2.24) is 14.8 Å².